The Hall–Kier alpha value is -1.73. The van der Waals surface area contributed by atoms with Gasteiger partial charge in [0.15, 0.2) is 11.6 Å². The van der Waals surface area contributed by atoms with Crippen molar-refractivity contribution in [3.8, 4) is 5.75 Å². The highest BCUT2D eigenvalue weighted by Crippen LogP contribution is 2.31. The van der Waals surface area contributed by atoms with Crippen LogP contribution in [0.5, 0.6) is 5.75 Å². The number of halogens is 4. The molecule has 0 N–H and O–H groups in total. The average molecular weight is 337 g/mol. The smallest absolute Gasteiger partial charge is 0.265 e. The highest BCUT2D eigenvalue weighted by Gasteiger charge is 2.22. The van der Waals surface area contributed by atoms with Gasteiger partial charge >= 0.3 is 0 Å². The van der Waals surface area contributed by atoms with Crippen LogP contribution in [0.3, 0.4) is 0 Å². The predicted molar refractivity (Wildman–Crippen MR) is 70.1 cm³/mol. The number of benzene rings is 2. The van der Waals surface area contributed by atoms with Crippen LogP contribution in [0.2, 0.25) is 0 Å². The lowest BCUT2D eigenvalue weighted by atomic mass is 10.2. The van der Waals surface area contributed by atoms with E-state index in [1.54, 1.807) is 0 Å². The minimum absolute atomic E-state index is 0.306. The topological polar surface area (TPSA) is 43.4 Å². The Labute approximate surface area is 123 Å². The highest BCUT2D eigenvalue weighted by atomic mass is 35.7. The van der Waals surface area contributed by atoms with Crippen molar-refractivity contribution in [2.24, 2.45) is 0 Å². The number of ether oxygens (including phenoxy) is 1. The van der Waals surface area contributed by atoms with Crippen molar-refractivity contribution >= 4 is 19.7 Å². The summed E-state index contributed by atoms with van der Waals surface area (Å²) in [7, 11) is 0.716. The fourth-order valence-electron chi connectivity index (χ4n) is 1.64. The second-order valence-corrected chi connectivity index (χ2v) is 6.61. The van der Waals surface area contributed by atoms with Gasteiger partial charge in [-0.3, -0.25) is 0 Å². The van der Waals surface area contributed by atoms with Crippen LogP contribution in [0.15, 0.2) is 41.3 Å². The third-order valence-electron chi connectivity index (χ3n) is 2.51. The van der Waals surface area contributed by atoms with Crippen LogP contribution in [0.25, 0.3) is 0 Å². The fraction of sp³-hybridized carbons (Fsp3) is 0.0769. The maximum atomic E-state index is 13.7. The van der Waals surface area contributed by atoms with Crippen molar-refractivity contribution in [3.05, 3.63) is 59.4 Å². The number of rotatable bonds is 4. The molecule has 0 saturated carbocycles. The van der Waals surface area contributed by atoms with Gasteiger partial charge in [0.2, 0.25) is 0 Å². The standard InChI is InChI=1S/C13H8ClF3O3S/c14-21(18,19)12-6-10(16)5-11(17)13(12)20-7-8-2-1-3-9(15)4-8/h1-6H,7H2. The third kappa shape index (κ3) is 3.89. The Bertz CT molecular complexity index is 778. The molecule has 8 heteroatoms. The van der Waals surface area contributed by atoms with Gasteiger partial charge in [-0.25, -0.2) is 21.6 Å². The summed E-state index contributed by atoms with van der Waals surface area (Å²) >= 11 is 0. The Morgan fingerprint density at radius 3 is 2.38 bits per heavy atom. The molecule has 0 aliphatic rings. The molecule has 2 aromatic carbocycles. The zero-order valence-corrected chi connectivity index (χ0v) is 11.9. The molecule has 2 rings (SSSR count). The summed E-state index contributed by atoms with van der Waals surface area (Å²) in [6, 6.07) is 6.26. The molecule has 0 aliphatic heterocycles. The van der Waals surface area contributed by atoms with Gasteiger partial charge in [-0.05, 0) is 23.8 Å². The van der Waals surface area contributed by atoms with Gasteiger partial charge in [0.1, 0.15) is 23.1 Å². The highest BCUT2D eigenvalue weighted by molar-refractivity contribution is 8.13. The van der Waals surface area contributed by atoms with Crippen LogP contribution < -0.4 is 4.74 Å². The monoisotopic (exact) mass is 336 g/mol. The molecule has 0 amide bonds. The van der Waals surface area contributed by atoms with Crippen molar-refractivity contribution in [1.29, 1.82) is 0 Å². The second-order valence-electron chi connectivity index (χ2n) is 4.07. The van der Waals surface area contributed by atoms with Gasteiger partial charge in [-0.1, -0.05) is 12.1 Å². The average Bonchev–Trinajstić information content (AvgIpc) is 2.36. The summed E-state index contributed by atoms with van der Waals surface area (Å²) in [5.74, 6) is -3.56. The van der Waals surface area contributed by atoms with E-state index in [2.05, 4.69) is 0 Å². The largest absolute Gasteiger partial charge is 0.484 e. The van der Waals surface area contributed by atoms with E-state index in [4.69, 9.17) is 15.4 Å². The van der Waals surface area contributed by atoms with E-state index in [1.165, 1.54) is 18.2 Å². The molecule has 0 unspecified atom stereocenters. The van der Waals surface area contributed by atoms with Crippen molar-refractivity contribution in [3.63, 3.8) is 0 Å². The van der Waals surface area contributed by atoms with Gasteiger partial charge < -0.3 is 4.74 Å². The van der Waals surface area contributed by atoms with E-state index in [-0.39, 0.29) is 6.61 Å². The molecule has 0 aliphatic carbocycles. The van der Waals surface area contributed by atoms with E-state index in [0.29, 0.717) is 17.7 Å². The Kier molecular flexibility index (Phi) is 4.43. The Morgan fingerprint density at radius 2 is 1.76 bits per heavy atom. The molecule has 0 saturated heterocycles. The SMILES string of the molecule is O=S(=O)(Cl)c1cc(F)cc(F)c1OCc1cccc(F)c1. The molecular weight excluding hydrogens is 329 g/mol. The van der Waals surface area contributed by atoms with Crippen molar-refractivity contribution in [1.82, 2.24) is 0 Å². The molecule has 112 valence electrons. The molecule has 0 spiro atoms. The van der Waals surface area contributed by atoms with Gasteiger partial charge in [0.05, 0.1) is 0 Å². The molecule has 0 bridgehead atoms. The summed E-state index contributed by atoms with van der Waals surface area (Å²) in [5, 5.41) is 0. The van der Waals surface area contributed by atoms with Crippen LogP contribution in [-0.4, -0.2) is 8.42 Å². The van der Waals surface area contributed by atoms with E-state index < -0.39 is 37.1 Å². The van der Waals surface area contributed by atoms with Crippen LogP contribution >= 0.6 is 10.7 Å². The maximum Gasteiger partial charge on any atom is 0.265 e. The van der Waals surface area contributed by atoms with E-state index in [9.17, 15) is 21.6 Å². The molecule has 0 fully saturated rings. The van der Waals surface area contributed by atoms with Gasteiger partial charge in [0, 0.05) is 16.7 Å². The second kappa shape index (κ2) is 5.95. The lowest BCUT2D eigenvalue weighted by Crippen LogP contribution is -2.04. The number of hydrogen-bond acceptors (Lipinski definition) is 3. The molecule has 3 nitrogen and oxygen atoms in total. The van der Waals surface area contributed by atoms with Crippen LogP contribution in [0.4, 0.5) is 13.2 Å². The zero-order chi connectivity index (χ0) is 15.6. The van der Waals surface area contributed by atoms with Crippen molar-refractivity contribution in [2.75, 3.05) is 0 Å². The van der Waals surface area contributed by atoms with Crippen molar-refractivity contribution in [2.45, 2.75) is 11.5 Å². The normalized spacial score (nSPS) is 11.4. The van der Waals surface area contributed by atoms with Gasteiger partial charge in [0.25, 0.3) is 9.05 Å². The summed E-state index contributed by atoms with van der Waals surface area (Å²) in [4.78, 5) is -0.821. The first-order chi connectivity index (χ1) is 9.77. The first-order valence-corrected chi connectivity index (χ1v) is 7.89. The molecule has 2 aromatic rings. The maximum absolute atomic E-state index is 13.7. The third-order valence-corrected chi connectivity index (χ3v) is 3.84. The lowest BCUT2D eigenvalue weighted by molar-refractivity contribution is 0.280. The summed E-state index contributed by atoms with van der Waals surface area (Å²) in [5.41, 5.74) is 0.344. The molecule has 0 heterocycles. The van der Waals surface area contributed by atoms with Crippen molar-refractivity contribution < 1.29 is 26.3 Å². The molecule has 0 atom stereocenters. The van der Waals surface area contributed by atoms with Crippen LogP contribution in [0.1, 0.15) is 5.56 Å². The minimum atomic E-state index is -4.40. The minimum Gasteiger partial charge on any atom is -0.484 e. The van der Waals surface area contributed by atoms with E-state index >= 15 is 0 Å². The zero-order valence-electron chi connectivity index (χ0n) is 10.3. The molecule has 0 aromatic heterocycles. The lowest BCUT2D eigenvalue weighted by Gasteiger charge is -2.11. The first kappa shape index (κ1) is 15.7. The van der Waals surface area contributed by atoms with E-state index in [0.717, 1.165) is 6.07 Å². The number of hydrogen-bond donors (Lipinski definition) is 0. The quantitative estimate of drug-likeness (QED) is 0.801. The summed E-state index contributed by atoms with van der Waals surface area (Å²) in [6.07, 6.45) is 0. The Morgan fingerprint density at radius 1 is 1.05 bits per heavy atom. The summed E-state index contributed by atoms with van der Waals surface area (Å²) < 4.78 is 67.4. The first-order valence-electron chi connectivity index (χ1n) is 5.58. The van der Waals surface area contributed by atoms with Gasteiger partial charge in [-0.15, -0.1) is 0 Å². The molecule has 21 heavy (non-hydrogen) atoms. The van der Waals surface area contributed by atoms with Crippen LogP contribution in [-0.2, 0) is 15.7 Å². The fourth-order valence-corrected chi connectivity index (χ4v) is 2.62. The Balaban J connectivity index is 2.36. The van der Waals surface area contributed by atoms with Crippen LogP contribution in [0, 0.1) is 17.5 Å². The van der Waals surface area contributed by atoms with E-state index in [1.807, 2.05) is 0 Å². The predicted octanol–water partition coefficient (Wildman–Crippen LogP) is 3.61. The molecular formula is C13H8ClF3O3S. The van der Waals surface area contributed by atoms with Gasteiger partial charge in [-0.2, -0.15) is 0 Å². The summed E-state index contributed by atoms with van der Waals surface area (Å²) in [6.45, 7) is -0.306. The molecule has 0 radical (unpaired) electrons.